The average Bonchev–Trinajstić information content (AvgIpc) is 0.918. The van der Waals surface area contributed by atoms with Crippen molar-refractivity contribution in [3.8, 4) is 0 Å². The number of hydrogen-bond donors (Lipinski definition) is 2. The van der Waals surface area contributed by atoms with Crippen molar-refractivity contribution in [1.82, 2.24) is 0 Å². The summed E-state index contributed by atoms with van der Waals surface area (Å²) >= 11 is 0. The maximum atomic E-state index is 5.62. The molecular weight excluding hydrogens is 96.3 g/mol. The Kier molecular flexibility index (Phi) is 448. The van der Waals surface area contributed by atoms with E-state index in [-0.39, 0.29) is 34.0 Å². The van der Waals surface area contributed by atoms with Gasteiger partial charge in [-0.1, -0.05) is 0 Å². The van der Waals surface area contributed by atoms with Crippen LogP contribution in [0.3, 0.4) is 0 Å². The molecule has 0 aromatic heterocycles. The number of nitrogens with one attached hydrogen (secondary N) is 2. The molecule has 0 bridgehead atoms. The molecule has 6 heavy (non-hydrogen) atoms. The van der Waals surface area contributed by atoms with Gasteiger partial charge in [0.1, 0.15) is 0 Å². The van der Waals surface area contributed by atoms with E-state index in [4.69, 9.17) is 10.8 Å². The van der Waals surface area contributed by atoms with E-state index in [0.29, 0.717) is 0 Å². The van der Waals surface area contributed by atoms with E-state index in [2.05, 4.69) is 0 Å². The van der Waals surface area contributed by atoms with E-state index in [0.717, 1.165) is 0 Å². The van der Waals surface area contributed by atoms with Crippen LogP contribution in [0.4, 0.5) is 0 Å². The molecule has 0 aliphatic rings. The Morgan fingerprint density at radius 3 is 1.00 bits per heavy atom. The predicted molar refractivity (Wildman–Crippen MR) is 20.1 cm³/mol. The maximum absolute atomic E-state index is 5.62. The van der Waals surface area contributed by atoms with Gasteiger partial charge in [-0.3, -0.25) is 0 Å². The first-order valence-electron chi connectivity index (χ1n) is 0.500. The van der Waals surface area contributed by atoms with Gasteiger partial charge in [0.15, 0.2) is 0 Å². The standard InChI is InChI=1S/CH2N2.Mg.2H2O/c2-1-3;;;/h2-3H;;2*1H2/q;+2;;/p-2. The topological polar surface area (TPSA) is 108 Å². The van der Waals surface area contributed by atoms with Crippen LogP contribution in [0.1, 0.15) is 0 Å². The fraction of sp³-hybridized carbons (Fsp3) is 0. The van der Waals surface area contributed by atoms with E-state index in [9.17, 15) is 0 Å². The minimum atomic E-state index is 0. The van der Waals surface area contributed by atoms with Crippen LogP contribution in [0.15, 0.2) is 0 Å². The molecule has 0 heterocycles. The van der Waals surface area contributed by atoms with Crippen molar-refractivity contribution in [2.75, 3.05) is 0 Å². The van der Waals surface area contributed by atoms with Crippen LogP contribution in [-0.2, 0) is 0 Å². The largest absolute Gasteiger partial charge is 2.00 e. The molecule has 4 N–H and O–H groups in total. The van der Waals surface area contributed by atoms with Crippen molar-refractivity contribution in [3.05, 3.63) is 0 Å². The second kappa shape index (κ2) is 73.7. The molecule has 0 saturated carbocycles. The molecule has 0 aliphatic heterocycles. The fourth-order valence-electron chi connectivity index (χ4n) is 0. The summed E-state index contributed by atoms with van der Waals surface area (Å²) in [4.78, 5) is 0. The molecule has 0 amide bonds. The first-order chi connectivity index (χ1) is 1.41. The normalized spacial score (nSPS) is 1.33. The van der Waals surface area contributed by atoms with E-state index >= 15 is 0 Å². The van der Waals surface area contributed by atoms with Gasteiger partial charge in [-0.15, -0.1) is 0 Å². The first-order valence-corrected chi connectivity index (χ1v) is 0.500. The number of rotatable bonds is 0. The first kappa shape index (κ1) is 36.5. The fourth-order valence-corrected chi connectivity index (χ4v) is 0. The van der Waals surface area contributed by atoms with E-state index in [1.165, 1.54) is 6.01 Å². The smallest absolute Gasteiger partial charge is 0.870 e. The van der Waals surface area contributed by atoms with Gasteiger partial charge >= 0.3 is 23.1 Å². The Labute approximate surface area is 51.3 Å². The molecule has 5 heteroatoms. The van der Waals surface area contributed by atoms with Crippen molar-refractivity contribution in [1.29, 1.82) is 10.8 Å². The van der Waals surface area contributed by atoms with Crippen molar-refractivity contribution >= 4 is 29.1 Å². The van der Waals surface area contributed by atoms with Crippen molar-refractivity contribution in [2.45, 2.75) is 0 Å². The minimum Gasteiger partial charge on any atom is -0.870 e. The van der Waals surface area contributed by atoms with Gasteiger partial charge in [-0.05, 0) is 0 Å². The molecule has 0 spiro atoms. The van der Waals surface area contributed by atoms with Gasteiger partial charge in [0.25, 0.3) is 0 Å². The van der Waals surface area contributed by atoms with Crippen LogP contribution in [0.2, 0.25) is 0 Å². The summed E-state index contributed by atoms with van der Waals surface area (Å²) in [6, 6.07) is 1.25. The van der Waals surface area contributed by atoms with Crippen LogP contribution in [0.25, 0.3) is 0 Å². The minimum absolute atomic E-state index is 0. The molecule has 0 saturated heterocycles. The zero-order valence-electron chi connectivity index (χ0n) is 3.10. The van der Waals surface area contributed by atoms with Crippen molar-refractivity contribution in [2.24, 2.45) is 0 Å². The van der Waals surface area contributed by atoms with Crippen molar-refractivity contribution < 1.29 is 11.0 Å². The summed E-state index contributed by atoms with van der Waals surface area (Å²) in [5.74, 6) is 0. The van der Waals surface area contributed by atoms with Gasteiger partial charge < -0.3 is 11.0 Å². The monoisotopic (exact) mass is 100 g/mol. The van der Waals surface area contributed by atoms with Crippen LogP contribution in [0, 0.1) is 10.8 Å². The zero-order chi connectivity index (χ0) is 2.71. The second-order valence-electron chi connectivity index (χ2n) is 0.125. The molecule has 0 fully saturated rings. The summed E-state index contributed by atoms with van der Waals surface area (Å²) in [6.07, 6.45) is 0. The van der Waals surface area contributed by atoms with Crippen LogP contribution in [-0.4, -0.2) is 40.0 Å². The van der Waals surface area contributed by atoms with Gasteiger partial charge in [0, 0.05) is 0 Å². The number of hydrogen-bond acceptors (Lipinski definition) is 4. The third kappa shape index (κ3) is 8710. The summed E-state index contributed by atoms with van der Waals surface area (Å²) < 4.78 is 0. The maximum Gasteiger partial charge on any atom is 2.00 e. The predicted octanol–water partition coefficient (Wildman–Crippen LogP) is -0.417. The molecule has 0 aromatic rings. The molecule has 0 unspecified atom stereocenters. The average molecular weight is 100 g/mol. The molecule has 0 aliphatic carbocycles. The Balaban J connectivity index is -0.00000000667. The third-order valence-corrected chi connectivity index (χ3v) is 0. The summed E-state index contributed by atoms with van der Waals surface area (Å²) in [6.45, 7) is 0. The van der Waals surface area contributed by atoms with E-state index < -0.39 is 0 Å². The quantitative estimate of drug-likeness (QED) is 0.318. The van der Waals surface area contributed by atoms with Crippen LogP contribution in [0.5, 0.6) is 0 Å². The summed E-state index contributed by atoms with van der Waals surface area (Å²) in [5, 5.41) is 11.2. The van der Waals surface area contributed by atoms with Crippen LogP contribution >= 0.6 is 0 Å². The Morgan fingerprint density at radius 2 is 1.00 bits per heavy atom. The van der Waals surface area contributed by atoms with Gasteiger partial charge in [-0.25, -0.2) is 10.8 Å². The SMILES string of the molecule is N=C=N.[Mg+2].[OH-].[OH-]. The van der Waals surface area contributed by atoms with Gasteiger partial charge in [0.2, 0.25) is 0 Å². The molecule has 4 nitrogen and oxygen atoms in total. The van der Waals surface area contributed by atoms with Gasteiger partial charge in [0.05, 0.1) is 6.01 Å². The van der Waals surface area contributed by atoms with Crippen LogP contribution < -0.4 is 0 Å². The molecular formula is CH4MgN2O2. The Bertz CT molecular complexity index is 32.5. The van der Waals surface area contributed by atoms with E-state index in [1.807, 2.05) is 0 Å². The zero-order valence-corrected chi connectivity index (χ0v) is 4.52. The Morgan fingerprint density at radius 1 is 1.00 bits per heavy atom. The molecule has 32 valence electrons. The third-order valence-electron chi connectivity index (χ3n) is 0. The molecule has 0 rings (SSSR count). The van der Waals surface area contributed by atoms with Crippen molar-refractivity contribution in [3.63, 3.8) is 0 Å². The Hall–Kier alpha value is 0.0662. The molecule has 0 aromatic carbocycles. The summed E-state index contributed by atoms with van der Waals surface area (Å²) in [5.41, 5.74) is 0. The van der Waals surface area contributed by atoms with Gasteiger partial charge in [-0.2, -0.15) is 0 Å². The molecule has 0 atom stereocenters. The second-order valence-corrected chi connectivity index (χ2v) is 0.125. The molecule has 0 radical (unpaired) electrons. The van der Waals surface area contributed by atoms with E-state index in [1.54, 1.807) is 0 Å². The summed E-state index contributed by atoms with van der Waals surface area (Å²) in [7, 11) is 0.